The van der Waals surface area contributed by atoms with Gasteiger partial charge >= 0.3 is 0 Å². The number of sulfonamides is 1. The van der Waals surface area contributed by atoms with E-state index in [4.69, 9.17) is 11.6 Å². The number of nitrogens with zero attached hydrogens (tertiary/aromatic N) is 2. The molecule has 0 radical (unpaired) electrons. The smallest absolute Gasteiger partial charge is 0.243 e. The van der Waals surface area contributed by atoms with Gasteiger partial charge in [-0.25, -0.2) is 12.8 Å². The number of halogens is 2. The van der Waals surface area contributed by atoms with Crippen molar-refractivity contribution in [2.75, 3.05) is 13.6 Å². The van der Waals surface area contributed by atoms with Crippen LogP contribution in [-0.2, 0) is 32.6 Å². The van der Waals surface area contributed by atoms with Gasteiger partial charge in [-0.1, -0.05) is 67.1 Å². The van der Waals surface area contributed by atoms with Crippen LogP contribution in [0.2, 0.25) is 5.02 Å². The number of amides is 2. The number of carbonyl (C=O) groups is 2. The van der Waals surface area contributed by atoms with Crippen LogP contribution in [-0.4, -0.2) is 55.1 Å². The summed E-state index contributed by atoms with van der Waals surface area (Å²) in [5, 5.41) is 3.30. The average molecular weight is 574 g/mol. The summed E-state index contributed by atoms with van der Waals surface area (Å²) in [6.45, 7) is 3.01. The van der Waals surface area contributed by atoms with Crippen molar-refractivity contribution in [1.82, 2.24) is 14.5 Å². The van der Waals surface area contributed by atoms with Crippen molar-refractivity contribution in [3.63, 3.8) is 0 Å². The Bertz CT molecular complexity index is 1370. The van der Waals surface area contributed by atoms with Gasteiger partial charge in [0.25, 0.3) is 0 Å². The van der Waals surface area contributed by atoms with Crippen molar-refractivity contribution in [2.45, 2.75) is 50.2 Å². The van der Waals surface area contributed by atoms with E-state index in [2.05, 4.69) is 5.32 Å². The lowest BCUT2D eigenvalue weighted by Crippen LogP contribution is -2.54. The summed E-state index contributed by atoms with van der Waals surface area (Å²) in [5.41, 5.74) is 1.01. The summed E-state index contributed by atoms with van der Waals surface area (Å²) >= 11 is 5.90. The highest BCUT2D eigenvalue weighted by Crippen LogP contribution is 2.20. The minimum atomic E-state index is -4.04. The predicted molar refractivity (Wildman–Crippen MR) is 150 cm³/mol. The van der Waals surface area contributed by atoms with Crippen molar-refractivity contribution < 1.29 is 22.4 Å². The lowest BCUT2D eigenvalue weighted by atomic mass is 10.0. The lowest BCUT2D eigenvalue weighted by Gasteiger charge is -2.33. The molecular weight excluding hydrogens is 541 g/mol. The second kappa shape index (κ2) is 13.7. The zero-order valence-electron chi connectivity index (χ0n) is 22.2. The van der Waals surface area contributed by atoms with Crippen LogP contribution >= 0.6 is 11.6 Å². The molecule has 3 aromatic carbocycles. The van der Waals surface area contributed by atoms with E-state index in [9.17, 15) is 22.4 Å². The van der Waals surface area contributed by atoms with E-state index in [0.29, 0.717) is 11.4 Å². The van der Waals surface area contributed by atoms with Crippen LogP contribution in [0.1, 0.15) is 31.4 Å². The zero-order chi connectivity index (χ0) is 28.6. The predicted octanol–water partition coefficient (Wildman–Crippen LogP) is 4.65. The van der Waals surface area contributed by atoms with Gasteiger partial charge in [-0.3, -0.25) is 9.59 Å². The Kier molecular flexibility index (Phi) is 10.6. The van der Waals surface area contributed by atoms with E-state index >= 15 is 0 Å². The molecule has 2 amide bonds. The summed E-state index contributed by atoms with van der Waals surface area (Å²) in [6, 6.07) is 19.6. The fourth-order valence-corrected chi connectivity index (χ4v) is 5.20. The van der Waals surface area contributed by atoms with E-state index in [-0.39, 0.29) is 29.5 Å². The van der Waals surface area contributed by atoms with Crippen molar-refractivity contribution in [3.8, 4) is 0 Å². The summed E-state index contributed by atoms with van der Waals surface area (Å²) < 4.78 is 42.0. The first-order valence-electron chi connectivity index (χ1n) is 12.6. The molecule has 0 heterocycles. The third-order valence-electron chi connectivity index (χ3n) is 6.45. The molecule has 39 heavy (non-hydrogen) atoms. The number of likely N-dealkylation sites (N-methyl/N-ethyl adjacent to an activating group) is 1. The van der Waals surface area contributed by atoms with Crippen molar-refractivity contribution in [3.05, 3.63) is 101 Å². The molecule has 0 aliphatic heterocycles. The summed E-state index contributed by atoms with van der Waals surface area (Å²) in [5.74, 6) is -1.57. The van der Waals surface area contributed by atoms with Gasteiger partial charge in [0.15, 0.2) is 0 Å². The lowest BCUT2D eigenvalue weighted by molar-refractivity contribution is -0.141. The molecule has 7 nitrogen and oxygen atoms in total. The van der Waals surface area contributed by atoms with Gasteiger partial charge in [-0.05, 0) is 49.2 Å². The summed E-state index contributed by atoms with van der Waals surface area (Å²) in [4.78, 5) is 28.6. The Morgan fingerprint density at radius 1 is 0.974 bits per heavy atom. The number of rotatable bonds is 12. The molecule has 0 bridgehead atoms. The molecule has 0 aromatic heterocycles. The molecule has 0 saturated carbocycles. The highest BCUT2D eigenvalue weighted by molar-refractivity contribution is 7.89. The molecule has 10 heteroatoms. The van der Waals surface area contributed by atoms with E-state index in [1.807, 2.05) is 44.2 Å². The topological polar surface area (TPSA) is 86.8 Å². The maximum atomic E-state index is 14.7. The normalized spacial score (nSPS) is 13.1. The number of nitrogens with one attached hydrogen (secondary N) is 1. The second-order valence-corrected chi connectivity index (χ2v) is 11.8. The van der Waals surface area contributed by atoms with Gasteiger partial charge < -0.3 is 10.2 Å². The molecule has 0 aliphatic carbocycles. The summed E-state index contributed by atoms with van der Waals surface area (Å²) in [6.07, 6.45) is 0.837. The molecule has 0 unspecified atom stereocenters. The first-order valence-corrected chi connectivity index (χ1v) is 14.4. The minimum Gasteiger partial charge on any atom is -0.352 e. The third-order valence-corrected chi connectivity index (χ3v) is 8.52. The number of benzene rings is 3. The van der Waals surface area contributed by atoms with Crippen molar-refractivity contribution in [2.24, 2.45) is 0 Å². The first kappa shape index (κ1) is 30.3. The highest BCUT2D eigenvalue weighted by Gasteiger charge is 2.33. The fraction of sp³-hybridized carbons (Fsp3) is 0.310. The monoisotopic (exact) mass is 573 g/mol. The Balaban J connectivity index is 1.99. The van der Waals surface area contributed by atoms with Gasteiger partial charge in [0.1, 0.15) is 11.9 Å². The number of hydrogen-bond acceptors (Lipinski definition) is 4. The van der Waals surface area contributed by atoms with Gasteiger partial charge in [0, 0.05) is 36.6 Å². The molecule has 208 valence electrons. The van der Waals surface area contributed by atoms with Crippen LogP contribution in [0.25, 0.3) is 0 Å². The van der Waals surface area contributed by atoms with Gasteiger partial charge in [0.05, 0.1) is 11.4 Å². The standard InChI is InChI=1S/C29H33ClFN3O4S/c1-4-21(2)32-29(36)27(18-22-10-6-5-7-11-22)34(19-23-12-8-9-13-26(23)31)28(35)20-33(3)39(37,38)25-16-14-24(30)15-17-25/h5-17,21,27H,4,18-20H2,1-3H3,(H,32,36)/t21-,27+/m0/s1. The van der Waals surface area contributed by atoms with Crippen LogP contribution in [0.5, 0.6) is 0 Å². The molecule has 0 fully saturated rings. The molecule has 2 atom stereocenters. The molecule has 0 saturated heterocycles. The second-order valence-electron chi connectivity index (χ2n) is 9.35. The van der Waals surface area contributed by atoms with Crippen LogP contribution < -0.4 is 5.32 Å². The maximum absolute atomic E-state index is 14.7. The summed E-state index contributed by atoms with van der Waals surface area (Å²) in [7, 11) is -2.75. The first-order chi connectivity index (χ1) is 18.5. The van der Waals surface area contributed by atoms with Gasteiger partial charge in [-0.2, -0.15) is 4.31 Å². The number of carbonyl (C=O) groups excluding carboxylic acids is 2. The molecule has 0 spiro atoms. The third kappa shape index (κ3) is 8.11. The van der Waals surface area contributed by atoms with E-state index in [1.165, 1.54) is 54.4 Å². The van der Waals surface area contributed by atoms with Crippen LogP contribution in [0, 0.1) is 5.82 Å². The fourth-order valence-electron chi connectivity index (χ4n) is 3.96. The molecule has 3 rings (SSSR count). The van der Waals surface area contributed by atoms with Crippen molar-refractivity contribution in [1.29, 1.82) is 0 Å². The van der Waals surface area contributed by atoms with Gasteiger partial charge in [-0.15, -0.1) is 0 Å². The van der Waals surface area contributed by atoms with Crippen LogP contribution in [0.4, 0.5) is 4.39 Å². The molecular formula is C29H33ClFN3O4S. The number of hydrogen-bond donors (Lipinski definition) is 1. The van der Waals surface area contributed by atoms with Crippen LogP contribution in [0.15, 0.2) is 83.8 Å². The highest BCUT2D eigenvalue weighted by atomic mass is 35.5. The Morgan fingerprint density at radius 3 is 2.21 bits per heavy atom. The molecule has 1 N–H and O–H groups in total. The van der Waals surface area contributed by atoms with Crippen molar-refractivity contribution >= 4 is 33.4 Å². The van der Waals surface area contributed by atoms with Gasteiger partial charge in [0.2, 0.25) is 21.8 Å². The molecule has 0 aliphatic rings. The Hall–Kier alpha value is -3.27. The zero-order valence-corrected chi connectivity index (χ0v) is 23.8. The molecule has 3 aromatic rings. The van der Waals surface area contributed by atoms with E-state index in [0.717, 1.165) is 9.87 Å². The SMILES string of the molecule is CC[C@H](C)NC(=O)[C@@H](Cc1ccccc1)N(Cc1ccccc1F)C(=O)CN(C)S(=O)(=O)c1ccc(Cl)cc1. The quantitative estimate of drug-likeness (QED) is 0.342. The van der Waals surface area contributed by atoms with E-state index in [1.54, 1.807) is 6.07 Å². The average Bonchev–Trinajstić information content (AvgIpc) is 2.92. The maximum Gasteiger partial charge on any atom is 0.243 e. The largest absolute Gasteiger partial charge is 0.352 e. The van der Waals surface area contributed by atoms with E-state index < -0.39 is 40.2 Å². The Labute approximate surface area is 234 Å². The Morgan fingerprint density at radius 2 is 1.59 bits per heavy atom. The minimum absolute atomic E-state index is 0.0294. The van der Waals surface area contributed by atoms with Crippen LogP contribution in [0.3, 0.4) is 0 Å².